The molecule has 18 heavy (non-hydrogen) atoms. The van der Waals surface area contributed by atoms with Gasteiger partial charge in [-0.3, -0.25) is 4.79 Å². The Bertz CT molecular complexity index is 373. The van der Waals surface area contributed by atoms with E-state index >= 15 is 0 Å². The molecule has 0 aliphatic rings. The van der Waals surface area contributed by atoms with Crippen LogP contribution in [0, 0.1) is 5.92 Å². The van der Waals surface area contributed by atoms with Crippen LogP contribution >= 0.6 is 0 Å². The normalized spacial score (nSPS) is 13.9. The number of hydrogen-bond donors (Lipinski definition) is 3. The van der Waals surface area contributed by atoms with E-state index < -0.39 is 0 Å². The van der Waals surface area contributed by atoms with Crippen molar-refractivity contribution < 1.29 is 15.0 Å². The summed E-state index contributed by atoms with van der Waals surface area (Å²) in [6, 6.07) is 6.60. The molecule has 4 heteroatoms. The van der Waals surface area contributed by atoms with Gasteiger partial charge in [0.15, 0.2) is 0 Å². The van der Waals surface area contributed by atoms with Crippen LogP contribution in [-0.4, -0.2) is 28.8 Å². The molecule has 0 spiro atoms. The van der Waals surface area contributed by atoms with Gasteiger partial charge in [-0.05, 0) is 37.0 Å². The highest BCUT2D eigenvalue weighted by Gasteiger charge is 2.08. The number of aliphatic hydroxyl groups excluding tert-OH is 1. The maximum absolute atomic E-state index is 11.7. The van der Waals surface area contributed by atoms with Crippen molar-refractivity contribution in [3.63, 3.8) is 0 Å². The highest BCUT2D eigenvalue weighted by molar-refractivity contribution is 5.78. The van der Waals surface area contributed by atoms with Crippen molar-refractivity contribution in [3.05, 3.63) is 29.8 Å². The Hall–Kier alpha value is -1.55. The van der Waals surface area contributed by atoms with Crippen molar-refractivity contribution in [2.24, 2.45) is 5.92 Å². The van der Waals surface area contributed by atoms with Gasteiger partial charge in [0.1, 0.15) is 5.75 Å². The van der Waals surface area contributed by atoms with E-state index in [1.165, 1.54) is 0 Å². The van der Waals surface area contributed by atoms with Crippen molar-refractivity contribution in [3.8, 4) is 5.75 Å². The lowest BCUT2D eigenvalue weighted by Crippen LogP contribution is -2.30. The fourth-order valence-electron chi connectivity index (χ4n) is 1.82. The first-order valence-corrected chi connectivity index (χ1v) is 6.20. The molecule has 0 fully saturated rings. The SMILES string of the molecule is CC(O)CC(C)CNC(=O)Cc1ccc(O)cc1. The van der Waals surface area contributed by atoms with E-state index in [0.29, 0.717) is 19.4 Å². The third-order valence-corrected chi connectivity index (χ3v) is 2.69. The summed E-state index contributed by atoms with van der Waals surface area (Å²) < 4.78 is 0. The summed E-state index contributed by atoms with van der Waals surface area (Å²) in [5, 5.41) is 21.2. The average molecular weight is 251 g/mol. The zero-order valence-electron chi connectivity index (χ0n) is 10.9. The number of phenols is 1. The molecule has 4 nitrogen and oxygen atoms in total. The van der Waals surface area contributed by atoms with Gasteiger partial charge in [-0.1, -0.05) is 19.1 Å². The number of carbonyl (C=O) groups is 1. The summed E-state index contributed by atoms with van der Waals surface area (Å²) in [6.07, 6.45) is 0.648. The quantitative estimate of drug-likeness (QED) is 0.717. The number of carbonyl (C=O) groups excluding carboxylic acids is 1. The summed E-state index contributed by atoms with van der Waals surface area (Å²) in [5.74, 6) is 0.414. The van der Waals surface area contributed by atoms with Gasteiger partial charge in [0.2, 0.25) is 5.91 Å². The van der Waals surface area contributed by atoms with Crippen molar-refractivity contribution in [2.45, 2.75) is 32.8 Å². The lowest BCUT2D eigenvalue weighted by atomic mass is 10.0. The molecule has 1 aromatic carbocycles. The van der Waals surface area contributed by atoms with Gasteiger partial charge in [0.25, 0.3) is 0 Å². The van der Waals surface area contributed by atoms with E-state index in [1.54, 1.807) is 31.2 Å². The van der Waals surface area contributed by atoms with E-state index in [0.717, 1.165) is 5.56 Å². The van der Waals surface area contributed by atoms with Gasteiger partial charge in [-0.2, -0.15) is 0 Å². The minimum Gasteiger partial charge on any atom is -0.508 e. The Balaban J connectivity index is 2.31. The Morgan fingerprint density at radius 1 is 1.28 bits per heavy atom. The molecule has 3 N–H and O–H groups in total. The Labute approximate surface area is 108 Å². The molecule has 2 unspecified atom stereocenters. The number of hydrogen-bond acceptors (Lipinski definition) is 3. The molecular weight excluding hydrogens is 230 g/mol. The number of phenolic OH excluding ortho intramolecular Hbond substituents is 1. The molecule has 0 aliphatic heterocycles. The van der Waals surface area contributed by atoms with Crippen molar-refractivity contribution in [1.29, 1.82) is 0 Å². The van der Waals surface area contributed by atoms with E-state index in [9.17, 15) is 9.90 Å². The van der Waals surface area contributed by atoms with Crippen molar-refractivity contribution in [1.82, 2.24) is 5.32 Å². The number of amides is 1. The summed E-state index contributed by atoms with van der Waals surface area (Å²) in [4.78, 5) is 11.7. The lowest BCUT2D eigenvalue weighted by Gasteiger charge is -2.14. The maximum Gasteiger partial charge on any atom is 0.224 e. The standard InChI is InChI=1S/C14H21NO3/c1-10(7-11(2)16)9-15-14(18)8-12-3-5-13(17)6-4-12/h3-6,10-11,16-17H,7-9H2,1-2H3,(H,15,18). The van der Waals surface area contributed by atoms with Gasteiger partial charge >= 0.3 is 0 Å². The van der Waals surface area contributed by atoms with Crippen LogP contribution < -0.4 is 5.32 Å². The largest absolute Gasteiger partial charge is 0.508 e. The summed E-state index contributed by atoms with van der Waals surface area (Å²) in [7, 11) is 0. The predicted octanol–water partition coefficient (Wildman–Crippen LogP) is 1.46. The van der Waals surface area contributed by atoms with Crippen molar-refractivity contribution >= 4 is 5.91 Å². The minimum atomic E-state index is -0.339. The second-order valence-corrected chi connectivity index (χ2v) is 4.84. The van der Waals surface area contributed by atoms with Crippen molar-refractivity contribution in [2.75, 3.05) is 6.54 Å². The molecule has 0 aliphatic carbocycles. The number of benzene rings is 1. The molecule has 0 saturated carbocycles. The smallest absolute Gasteiger partial charge is 0.224 e. The molecular formula is C14H21NO3. The number of aromatic hydroxyl groups is 1. The van der Waals surface area contributed by atoms with Gasteiger partial charge < -0.3 is 15.5 Å². The van der Waals surface area contributed by atoms with E-state index in [2.05, 4.69) is 5.32 Å². The first kappa shape index (κ1) is 14.5. The number of nitrogens with one attached hydrogen (secondary N) is 1. The van der Waals surface area contributed by atoms with Gasteiger partial charge in [-0.25, -0.2) is 0 Å². The maximum atomic E-state index is 11.7. The van der Waals surface area contributed by atoms with Gasteiger partial charge in [0.05, 0.1) is 12.5 Å². The molecule has 1 rings (SSSR count). The fraction of sp³-hybridized carbons (Fsp3) is 0.500. The minimum absolute atomic E-state index is 0.0434. The van der Waals surface area contributed by atoms with Crippen LogP contribution in [0.1, 0.15) is 25.8 Å². The molecule has 0 heterocycles. The molecule has 0 saturated heterocycles. The molecule has 0 bridgehead atoms. The van der Waals surface area contributed by atoms with Crippen LogP contribution in [0.25, 0.3) is 0 Å². The summed E-state index contributed by atoms with van der Waals surface area (Å²) >= 11 is 0. The predicted molar refractivity (Wildman–Crippen MR) is 70.3 cm³/mol. The first-order chi connectivity index (χ1) is 8.47. The zero-order chi connectivity index (χ0) is 13.5. The van der Waals surface area contributed by atoms with E-state index in [4.69, 9.17) is 5.11 Å². The van der Waals surface area contributed by atoms with Crippen LogP contribution in [0.4, 0.5) is 0 Å². The zero-order valence-corrected chi connectivity index (χ0v) is 10.9. The fourth-order valence-corrected chi connectivity index (χ4v) is 1.82. The summed E-state index contributed by atoms with van der Waals surface area (Å²) in [6.45, 7) is 4.31. The number of aliphatic hydroxyl groups is 1. The van der Waals surface area contributed by atoms with Crippen LogP contribution in [0.5, 0.6) is 5.75 Å². The van der Waals surface area contributed by atoms with Crippen LogP contribution in [-0.2, 0) is 11.2 Å². The Morgan fingerprint density at radius 2 is 1.89 bits per heavy atom. The summed E-state index contributed by atoms with van der Waals surface area (Å²) in [5.41, 5.74) is 0.869. The highest BCUT2D eigenvalue weighted by Crippen LogP contribution is 2.10. The van der Waals surface area contributed by atoms with Crippen LogP contribution in [0.15, 0.2) is 24.3 Å². The van der Waals surface area contributed by atoms with E-state index in [-0.39, 0.29) is 23.7 Å². The van der Waals surface area contributed by atoms with Crippen LogP contribution in [0.2, 0.25) is 0 Å². The van der Waals surface area contributed by atoms with Gasteiger partial charge in [-0.15, -0.1) is 0 Å². The molecule has 1 aromatic rings. The molecule has 2 atom stereocenters. The third-order valence-electron chi connectivity index (χ3n) is 2.69. The molecule has 0 radical (unpaired) electrons. The monoisotopic (exact) mass is 251 g/mol. The third kappa shape index (κ3) is 5.68. The van der Waals surface area contributed by atoms with Crippen LogP contribution in [0.3, 0.4) is 0 Å². The lowest BCUT2D eigenvalue weighted by molar-refractivity contribution is -0.120. The topological polar surface area (TPSA) is 69.6 Å². The number of rotatable bonds is 6. The Morgan fingerprint density at radius 3 is 2.44 bits per heavy atom. The Kier molecular flexibility index (Phi) is 5.65. The molecule has 0 aromatic heterocycles. The molecule has 100 valence electrons. The second-order valence-electron chi connectivity index (χ2n) is 4.84. The first-order valence-electron chi connectivity index (χ1n) is 6.20. The van der Waals surface area contributed by atoms with E-state index in [1.807, 2.05) is 6.92 Å². The van der Waals surface area contributed by atoms with Gasteiger partial charge in [0, 0.05) is 6.54 Å². The second kappa shape index (κ2) is 7.01. The molecule has 1 amide bonds. The average Bonchev–Trinajstić information content (AvgIpc) is 2.29. The highest BCUT2D eigenvalue weighted by atomic mass is 16.3.